The van der Waals surface area contributed by atoms with Gasteiger partial charge in [-0.15, -0.1) is 11.6 Å². The topological polar surface area (TPSA) is 26.3 Å². The molecule has 0 N–H and O–H groups in total. The maximum atomic E-state index is 11.3. The number of hydrogen-bond donors (Lipinski definition) is 0. The maximum Gasteiger partial charge on any atom is 0.220 e. The van der Waals surface area contributed by atoms with Gasteiger partial charge in [-0.25, -0.2) is 0 Å². The summed E-state index contributed by atoms with van der Waals surface area (Å²) in [5.41, 5.74) is 0. The molecule has 5 heteroatoms. The van der Waals surface area contributed by atoms with E-state index in [4.69, 9.17) is 28.6 Å². The first-order valence-corrected chi connectivity index (χ1v) is 8.87. The van der Waals surface area contributed by atoms with E-state index in [9.17, 15) is 4.79 Å². The van der Waals surface area contributed by atoms with Gasteiger partial charge in [0.05, 0.1) is 12.5 Å². The molecule has 1 unspecified atom stereocenters. The third kappa shape index (κ3) is 11.7. The van der Waals surface area contributed by atoms with Gasteiger partial charge in [0.1, 0.15) is 5.78 Å². The van der Waals surface area contributed by atoms with Gasteiger partial charge in [0.2, 0.25) is 4.38 Å². The van der Waals surface area contributed by atoms with Gasteiger partial charge in [0, 0.05) is 11.7 Å². The van der Waals surface area contributed by atoms with Crippen LogP contribution in [0.15, 0.2) is 0 Å². The first-order valence-electron chi connectivity index (χ1n) is 7.05. The summed E-state index contributed by atoms with van der Waals surface area (Å²) >= 11 is 12.3. The van der Waals surface area contributed by atoms with Gasteiger partial charge in [-0.05, 0) is 32.0 Å². The molecule has 0 aliphatic carbocycles. The minimum Gasteiger partial charge on any atom is -0.479 e. The normalized spacial score (nSPS) is 12.2. The first-order chi connectivity index (χ1) is 9.13. The summed E-state index contributed by atoms with van der Waals surface area (Å²) in [4.78, 5) is 11.3. The molecule has 0 saturated heterocycles. The van der Waals surface area contributed by atoms with Gasteiger partial charge in [-0.3, -0.25) is 4.79 Å². The summed E-state index contributed by atoms with van der Waals surface area (Å²) in [5, 5.41) is 0.378. The highest BCUT2D eigenvalue weighted by molar-refractivity contribution is 8.23. The van der Waals surface area contributed by atoms with Crippen molar-refractivity contribution in [1.29, 1.82) is 0 Å². The van der Waals surface area contributed by atoms with E-state index in [1.54, 1.807) is 11.8 Å². The minimum atomic E-state index is 0.114. The van der Waals surface area contributed by atoms with Gasteiger partial charge >= 0.3 is 0 Å². The molecule has 0 spiro atoms. The average molecular weight is 325 g/mol. The van der Waals surface area contributed by atoms with Crippen molar-refractivity contribution < 1.29 is 9.53 Å². The second-order valence-corrected chi connectivity index (χ2v) is 6.65. The predicted octanol–water partition coefficient (Wildman–Crippen LogP) is 4.97. The van der Waals surface area contributed by atoms with Crippen LogP contribution >= 0.6 is 35.6 Å². The Labute approximate surface area is 132 Å². The summed E-state index contributed by atoms with van der Waals surface area (Å²) in [6.07, 6.45) is 7.42. The van der Waals surface area contributed by atoms with E-state index in [0.29, 0.717) is 22.7 Å². The van der Waals surface area contributed by atoms with E-state index in [1.165, 1.54) is 25.7 Å². The van der Waals surface area contributed by atoms with Crippen LogP contribution in [0.2, 0.25) is 0 Å². The number of halogens is 1. The van der Waals surface area contributed by atoms with Crippen LogP contribution in [-0.2, 0) is 9.53 Å². The van der Waals surface area contributed by atoms with E-state index >= 15 is 0 Å². The highest BCUT2D eigenvalue weighted by atomic mass is 35.5. The molecule has 0 aromatic heterocycles. The van der Waals surface area contributed by atoms with Gasteiger partial charge in [0.25, 0.3) is 0 Å². The zero-order chi connectivity index (χ0) is 14.5. The summed E-state index contributed by atoms with van der Waals surface area (Å²) in [6, 6.07) is 0. The quantitative estimate of drug-likeness (QED) is 0.304. The monoisotopic (exact) mass is 324 g/mol. The van der Waals surface area contributed by atoms with E-state index < -0.39 is 0 Å². The fourth-order valence-corrected chi connectivity index (χ4v) is 3.38. The molecule has 0 fully saturated rings. The minimum absolute atomic E-state index is 0.114. The zero-order valence-corrected chi connectivity index (χ0v) is 14.3. The Hall–Kier alpha value is 0.200. The van der Waals surface area contributed by atoms with Crippen molar-refractivity contribution in [2.75, 3.05) is 12.5 Å². The molecule has 0 heterocycles. The van der Waals surface area contributed by atoms with Crippen molar-refractivity contribution in [2.24, 2.45) is 0 Å². The molecule has 0 amide bonds. The molecule has 0 aromatic carbocycles. The van der Waals surface area contributed by atoms with Crippen LogP contribution in [0.1, 0.15) is 58.8 Å². The Morgan fingerprint density at radius 1 is 1.26 bits per heavy atom. The lowest BCUT2D eigenvalue weighted by atomic mass is 10.1. The molecule has 1 atom stereocenters. The number of carbonyl (C=O) groups is 1. The van der Waals surface area contributed by atoms with E-state index in [0.717, 1.165) is 12.8 Å². The second kappa shape index (κ2) is 13.2. The summed E-state index contributed by atoms with van der Waals surface area (Å²) < 4.78 is 5.91. The Bertz CT molecular complexity index is 260. The predicted molar refractivity (Wildman–Crippen MR) is 89.3 cm³/mol. The van der Waals surface area contributed by atoms with Gasteiger partial charge in [-0.1, -0.05) is 44.4 Å². The third-order valence-corrected chi connectivity index (χ3v) is 4.62. The van der Waals surface area contributed by atoms with Crippen LogP contribution in [0.4, 0.5) is 0 Å². The van der Waals surface area contributed by atoms with E-state index in [1.807, 2.05) is 6.92 Å². The van der Waals surface area contributed by atoms with Crippen molar-refractivity contribution in [2.45, 2.75) is 64.0 Å². The van der Waals surface area contributed by atoms with Crippen LogP contribution in [-0.4, -0.2) is 27.9 Å². The van der Waals surface area contributed by atoms with Gasteiger partial charge in [0.15, 0.2) is 0 Å². The smallest absolute Gasteiger partial charge is 0.220 e. The van der Waals surface area contributed by atoms with Crippen LogP contribution < -0.4 is 0 Å². The number of Topliss-reactive ketones (excluding diaryl/α,β-unsaturated/α-hetero) is 1. The zero-order valence-electron chi connectivity index (χ0n) is 12.0. The highest BCUT2D eigenvalue weighted by Crippen LogP contribution is 2.25. The van der Waals surface area contributed by atoms with Gasteiger partial charge in [-0.2, -0.15) is 0 Å². The molecule has 0 bridgehead atoms. The summed E-state index contributed by atoms with van der Waals surface area (Å²) in [5.74, 6) is 0.228. The Morgan fingerprint density at radius 2 is 2.00 bits per heavy atom. The molecule has 19 heavy (non-hydrogen) atoms. The lowest BCUT2D eigenvalue weighted by Gasteiger charge is -2.16. The lowest BCUT2D eigenvalue weighted by molar-refractivity contribution is -0.116. The number of thioether (sulfide) groups is 1. The number of thiocarbonyl (C=S) groups is 1. The fourth-order valence-electron chi connectivity index (χ4n) is 1.74. The Balaban J connectivity index is 4.05. The highest BCUT2D eigenvalue weighted by Gasteiger charge is 2.14. The molecule has 0 saturated carbocycles. The summed E-state index contributed by atoms with van der Waals surface area (Å²) in [6.45, 7) is 4.74. The van der Waals surface area contributed by atoms with Crippen LogP contribution in [0.3, 0.4) is 0 Å². The number of carbonyl (C=O) groups excluding carboxylic acids is 1. The largest absolute Gasteiger partial charge is 0.479 e. The molecule has 0 aliphatic heterocycles. The van der Waals surface area contributed by atoms with Crippen molar-refractivity contribution in [3.63, 3.8) is 0 Å². The second-order valence-electron chi connectivity index (χ2n) is 4.48. The molecular formula is C14H25ClO2S2. The molecular weight excluding hydrogens is 300 g/mol. The third-order valence-electron chi connectivity index (χ3n) is 2.80. The summed E-state index contributed by atoms with van der Waals surface area (Å²) in [7, 11) is 0. The van der Waals surface area contributed by atoms with Crippen LogP contribution in [0.25, 0.3) is 0 Å². The Morgan fingerprint density at radius 3 is 2.58 bits per heavy atom. The number of unbranched alkanes of at least 4 members (excludes halogenated alkanes) is 3. The molecule has 0 rings (SSSR count). The first kappa shape index (κ1) is 19.2. The van der Waals surface area contributed by atoms with Crippen molar-refractivity contribution in [3.8, 4) is 0 Å². The lowest BCUT2D eigenvalue weighted by Crippen LogP contribution is -2.11. The fraction of sp³-hybridized carbons (Fsp3) is 0.857. The van der Waals surface area contributed by atoms with Crippen molar-refractivity contribution >= 4 is 45.7 Å². The van der Waals surface area contributed by atoms with Crippen molar-refractivity contribution in [3.05, 3.63) is 0 Å². The van der Waals surface area contributed by atoms with Crippen molar-refractivity contribution in [1.82, 2.24) is 0 Å². The molecule has 0 aromatic rings. The number of alkyl halides is 1. The SMILES string of the molecule is CCCCCCC(CCC(=O)CCl)SC(=S)OCC. The molecule has 0 radical (unpaired) electrons. The molecule has 112 valence electrons. The van der Waals surface area contributed by atoms with E-state index in [-0.39, 0.29) is 11.7 Å². The average Bonchev–Trinajstić information content (AvgIpc) is 2.40. The van der Waals surface area contributed by atoms with Gasteiger partial charge < -0.3 is 4.74 Å². The number of ether oxygens (including phenoxy) is 1. The molecule has 2 nitrogen and oxygen atoms in total. The standard InChI is InChI=1S/C14H25ClO2S2/c1-3-5-6-7-8-13(10-9-12(16)11-15)19-14(18)17-4-2/h13H,3-11H2,1-2H3. The number of ketones is 1. The molecule has 0 aliphatic rings. The van der Waals surface area contributed by atoms with E-state index in [2.05, 4.69) is 6.92 Å². The number of rotatable bonds is 11. The van der Waals surface area contributed by atoms with Crippen LogP contribution in [0.5, 0.6) is 0 Å². The maximum absolute atomic E-state index is 11.3. The number of hydrogen-bond acceptors (Lipinski definition) is 4. The van der Waals surface area contributed by atoms with Crippen LogP contribution in [0, 0.1) is 0 Å². The Kier molecular flexibility index (Phi) is 13.3.